The van der Waals surface area contributed by atoms with Crippen LogP contribution in [0.1, 0.15) is 41.2 Å². The highest BCUT2D eigenvalue weighted by Gasteiger charge is 2.33. The van der Waals surface area contributed by atoms with E-state index in [1.54, 1.807) is 0 Å². The Balaban J connectivity index is 1.70. The molecule has 1 amide bonds. The summed E-state index contributed by atoms with van der Waals surface area (Å²) < 4.78 is 13.1. The smallest absolute Gasteiger partial charge is 0.256 e. The molecule has 1 aromatic carbocycles. The second-order valence-corrected chi connectivity index (χ2v) is 7.20. The fraction of sp³-hybridized carbons (Fsp3) is 0.450. The van der Waals surface area contributed by atoms with Gasteiger partial charge in [0, 0.05) is 43.1 Å². The molecule has 1 aliphatic rings. The highest BCUT2D eigenvalue weighted by molar-refractivity contribution is 5.96. The lowest BCUT2D eigenvalue weighted by Crippen LogP contribution is -2.57. The van der Waals surface area contributed by atoms with Gasteiger partial charge in [0.2, 0.25) is 0 Å². The molecule has 0 bridgehead atoms. The van der Waals surface area contributed by atoms with Gasteiger partial charge in [-0.1, -0.05) is 12.1 Å². The molecule has 0 aliphatic carbocycles. The maximum absolute atomic E-state index is 13.1. The maximum Gasteiger partial charge on any atom is 0.256 e. The minimum absolute atomic E-state index is 0.0997. The van der Waals surface area contributed by atoms with E-state index in [4.69, 9.17) is 0 Å². The first-order valence-corrected chi connectivity index (χ1v) is 8.81. The summed E-state index contributed by atoms with van der Waals surface area (Å²) >= 11 is 0. The van der Waals surface area contributed by atoms with Crippen LogP contribution in [-0.4, -0.2) is 45.9 Å². The van der Waals surface area contributed by atoms with Crippen molar-refractivity contribution in [3.05, 3.63) is 58.7 Å². The molecule has 0 saturated carbocycles. The summed E-state index contributed by atoms with van der Waals surface area (Å²) in [6, 6.07) is 8.98. The van der Waals surface area contributed by atoms with Crippen LogP contribution in [0.5, 0.6) is 0 Å². The van der Waals surface area contributed by atoms with Crippen molar-refractivity contribution in [1.82, 2.24) is 14.8 Å². The number of hydrogen-bond donors (Lipinski definition) is 1. The zero-order chi connectivity index (χ0) is 18.1. The van der Waals surface area contributed by atoms with Crippen molar-refractivity contribution >= 4 is 5.91 Å². The Bertz CT molecular complexity index is 753. The third kappa shape index (κ3) is 3.76. The van der Waals surface area contributed by atoms with Gasteiger partial charge in [-0.2, -0.15) is 0 Å². The largest absolute Gasteiger partial charge is 0.362 e. The standard InChI is InChI=1S/C20H26FN3O/c1-13-9-19(16(4)22-13)20(25)24-11-14(2)23(10-15(24)3)12-17-5-7-18(21)8-6-17/h5-9,14-15,22H,10-12H2,1-4H3/t14-,15+/m0/s1. The van der Waals surface area contributed by atoms with Crippen LogP contribution in [0.25, 0.3) is 0 Å². The normalized spacial score (nSPS) is 21.6. The number of halogens is 1. The first-order valence-electron chi connectivity index (χ1n) is 8.81. The molecule has 1 aromatic heterocycles. The van der Waals surface area contributed by atoms with Gasteiger partial charge in [0.15, 0.2) is 0 Å². The Labute approximate surface area is 148 Å². The third-order valence-electron chi connectivity index (χ3n) is 5.05. The van der Waals surface area contributed by atoms with E-state index in [2.05, 4.69) is 23.7 Å². The van der Waals surface area contributed by atoms with Crippen molar-refractivity contribution in [3.8, 4) is 0 Å². The van der Waals surface area contributed by atoms with Crippen LogP contribution in [0, 0.1) is 19.7 Å². The minimum atomic E-state index is -0.210. The summed E-state index contributed by atoms with van der Waals surface area (Å²) in [6.45, 7) is 10.4. The first kappa shape index (κ1) is 17.7. The van der Waals surface area contributed by atoms with Crippen LogP contribution in [-0.2, 0) is 6.54 Å². The zero-order valence-corrected chi connectivity index (χ0v) is 15.3. The Morgan fingerprint density at radius 1 is 1.16 bits per heavy atom. The van der Waals surface area contributed by atoms with E-state index in [0.717, 1.165) is 35.6 Å². The fourth-order valence-electron chi connectivity index (χ4n) is 3.63. The number of H-pyrrole nitrogens is 1. The van der Waals surface area contributed by atoms with Gasteiger partial charge < -0.3 is 9.88 Å². The molecular weight excluding hydrogens is 317 g/mol. The average Bonchev–Trinajstić information content (AvgIpc) is 2.90. The van der Waals surface area contributed by atoms with Gasteiger partial charge in [0.05, 0.1) is 5.56 Å². The van der Waals surface area contributed by atoms with Crippen LogP contribution in [0.4, 0.5) is 4.39 Å². The number of rotatable bonds is 3. The number of piperazine rings is 1. The molecule has 1 N–H and O–H groups in total. The van der Waals surface area contributed by atoms with Crippen molar-refractivity contribution in [2.75, 3.05) is 13.1 Å². The second kappa shape index (κ2) is 7.00. The summed E-state index contributed by atoms with van der Waals surface area (Å²) in [5.74, 6) is -0.111. The maximum atomic E-state index is 13.1. The molecule has 134 valence electrons. The van der Waals surface area contributed by atoms with Crippen LogP contribution >= 0.6 is 0 Å². The number of carbonyl (C=O) groups excluding carboxylic acids is 1. The molecule has 1 aliphatic heterocycles. The number of nitrogens with zero attached hydrogens (tertiary/aromatic N) is 2. The number of aryl methyl sites for hydroxylation is 2. The van der Waals surface area contributed by atoms with Crippen molar-refractivity contribution in [3.63, 3.8) is 0 Å². The summed E-state index contributed by atoms with van der Waals surface area (Å²) in [6.07, 6.45) is 0. The number of benzene rings is 1. The highest BCUT2D eigenvalue weighted by atomic mass is 19.1. The van der Waals surface area contributed by atoms with Crippen molar-refractivity contribution in [1.29, 1.82) is 0 Å². The Morgan fingerprint density at radius 2 is 1.84 bits per heavy atom. The van der Waals surface area contributed by atoms with E-state index in [1.165, 1.54) is 12.1 Å². The second-order valence-electron chi connectivity index (χ2n) is 7.20. The van der Waals surface area contributed by atoms with Crippen LogP contribution in [0.3, 0.4) is 0 Å². The molecule has 2 atom stereocenters. The quantitative estimate of drug-likeness (QED) is 0.926. The first-order chi connectivity index (χ1) is 11.8. The molecule has 2 heterocycles. The van der Waals surface area contributed by atoms with Crippen molar-refractivity contribution in [2.45, 2.75) is 46.3 Å². The van der Waals surface area contributed by atoms with Gasteiger partial charge in [0.1, 0.15) is 5.82 Å². The summed E-state index contributed by atoms with van der Waals surface area (Å²) in [7, 11) is 0. The Morgan fingerprint density at radius 3 is 2.44 bits per heavy atom. The molecule has 5 heteroatoms. The van der Waals surface area contributed by atoms with E-state index < -0.39 is 0 Å². The minimum Gasteiger partial charge on any atom is -0.362 e. The number of hydrogen-bond acceptors (Lipinski definition) is 2. The molecule has 4 nitrogen and oxygen atoms in total. The van der Waals surface area contributed by atoms with Gasteiger partial charge in [-0.15, -0.1) is 0 Å². The molecule has 2 aromatic rings. The number of carbonyl (C=O) groups is 1. The highest BCUT2D eigenvalue weighted by Crippen LogP contribution is 2.22. The van der Waals surface area contributed by atoms with E-state index >= 15 is 0 Å². The molecule has 0 spiro atoms. The van der Waals surface area contributed by atoms with Gasteiger partial charge in [0.25, 0.3) is 5.91 Å². The summed E-state index contributed by atoms with van der Waals surface area (Å²) in [4.78, 5) is 20.5. The molecule has 1 fully saturated rings. The number of nitrogens with one attached hydrogen (secondary N) is 1. The predicted molar refractivity (Wildman–Crippen MR) is 97.0 cm³/mol. The van der Waals surface area contributed by atoms with Crippen molar-refractivity contribution in [2.24, 2.45) is 0 Å². The molecule has 1 saturated heterocycles. The van der Waals surface area contributed by atoms with Crippen LogP contribution in [0.15, 0.2) is 30.3 Å². The Kier molecular flexibility index (Phi) is 4.95. The lowest BCUT2D eigenvalue weighted by atomic mass is 10.0. The topological polar surface area (TPSA) is 39.3 Å². The van der Waals surface area contributed by atoms with E-state index in [0.29, 0.717) is 6.54 Å². The molecule has 25 heavy (non-hydrogen) atoms. The van der Waals surface area contributed by atoms with E-state index in [9.17, 15) is 9.18 Å². The number of aromatic amines is 1. The third-order valence-corrected chi connectivity index (χ3v) is 5.05. The van der Waals surface area contributed by atoms with Crippen LogP contribution in [0.2, 0.25) is 0 Å². The number of aromatic nitrogens is 1. The molecule has 0 unspecified atom stereocenters. The van der Waals surface area contributed by atoms with Gasteiger partial charge in [-0.05, 0) is 51.5 Å². The molecular formula is C20H26FN3O. The summed E-state index contributed by atoms with van der Waals surface area (Å²) in [5, 5.41) is 0. The monoisotopic (exact) mass is 343 g/mol. The zero-order valence-electron chi connectivity index (χ0n) is 15.3. The lowest BCUT2D eigenvalue weighted by Gasteiger charge is -2.44. The molecule has 3 rings (SSSR count). The van der Waals surface area contributed by atoms with Gasteiger partial charge in [-0.25, -0.2) is 4.39 Å². The predicted octanol–water partition coefficient (Wildman–Crippen LogP) is 3.51. The van der Waals surface area contributed by atoms with Crippen LogP contribution < -0.4 is 0 Å². The number of amides is 1. The summed E-state index contributed by atoms with van der Waals surface area (Å²) in [5.41, 5.74) is 3.80. The van der Waals surface area contributed by atoms with Crippen molar-refractivity contribution < 1.29 is 9.18 Å². The average molecular weight is 343 g/mol. The molecule has 0 radical (unpaired) electrons. The SMILES string of the molecule is Cc1cc(C(=O)N2C[C@H](C)N(Cc3ccc(F)cc3)C[C@H]2C)c(C)[nH]1. The van der Waals surface area contributed by atoms with Gasteiger partial charge >= 0.3 is 0 Å². The lowest BCUT2D eigenvalue weighted by molar-refractivity contribution is 0.0290. The van der Waals surface area contributed by atoms with Gasteiger partial charge in [-0.3, -0.25) is 9.69 Å². The Hall–Kier alpha value is -2.14. The van der Waals surface area contributed by atoms with E-state index in [-0.39, 0.29) is 23.8 Å². The van der Waals surface area contributed by atoms with E-state index in [1.807, 2.05) is 36.9 Å². The fourth-order valence-corrected chi connectivity index (χ4v) is 3.63.